The minimum absolute atomic E-state index is 0.0857. The van der Waals surface area contributed by atoms with E-state index in [1.54, 1.807) is 4.90 Å². The third-order valence-electron chi connectivity index (χ3n) is 9.49. The number of β-lactam (4-membered cyclic amide) rings is 1. The van der Waals surface area contributed by atoms with Gasteiger partial charge in [0.25, 0.3) is 5.91 Å². The molecule has 0 unspecified atom stereocenters. The Balaban J connectivity index is 1.48. The van der Waals surface area contributed by atoms with E-state index in [2.05, 4.69) is 44.4 Å². The molecule has 1 aliphatic heterocycles. The highest BCUT2D eigenvalue weighted by atomic mass is 16.5. The maximum atomic E-state index is 12.8. The van der Waals surface area contributed by atoms with Crippen LogP contribution in [0.1, 0.15) is 66.2 Å². The molecule has 0 bridgehead atoms. The van der Waals surface area contributed by atoms with Crippen molar-refractivity contribution in [1.82, 2.24) is 10.2 Å². The lowest BCUT2D eigenvalue weighted by molar-refractivity contribution is -0.161. The molecule has 0 aromatic heterocycles. The number of nitrogens with one attached hydrogen (secondary N) is 1. The normalized spacial score (nSPS) is 40.5. The van der Waals surface area contributed by atoms with E-state index in [0.717, 1.165) is 25.7 Å². The van der Waals surface area contributed by atoms with Gasteiger partial charge in [-0.1, -0.05) is 26.0 Å². The van der Waals surface area contributed by atoms with E-state index < -0.39 is 6.10 Å². The number of nitrogens with zero attached hydrogens (tertiary/aromatic N) is 2. The highest BCUT2D eigenvalue weighted by molar-refractivity contribution is 5.91. The molecule has 2 amide bonds. The number of methoxy groups -OCH3 is 1. The number of amides is 2. The Morgan fingerprint density at radius 1 is 1.36 bits per heavy atom. The van der Waals surface area contributed by atoms with E-state index in [-0.39, 0.29) is 29.4 Å². The van der Waals surface area contributed by atoms with E-state index in [4.69, 9.17) is 11.3 Å². The highest BCUT2D eigenvalue weighted by Gasteiger charge is 2.64. The first-order valence-corrected chi connectivity index (χ1v) is 12.7. The molecule has 182 valence electrons. The van der Waals surface area contributed by atoms with Crippen LogP contribution in [0.2, 0.25) is 0 Å². The Kier molecular flexibility index (Phi) is 6.41. The van der Waals surface area contributed by atoms with Gasteiger partial charge in [-0.15, -0.1) is 0 Å². The molecular formula is C27H41N3O3. The first kappa shape index (κ1) is 24.3. The summed E-state index contributed by atoms with van der Waals surface area (Å²) in [6.07, 6.45) is 5.90. The third kappa shape index (κ3) is 4.11. The molecule has 4 aliphatic rings. The second-order valence-corrected chi connectivity index (χ2v) is 12.0. The van der Waals surface area contributed by atoms with E-state index in [9.17, 15) is 9.59 Å². The second kappa shape index (κ2) is 8.73. The van der Waals surface area contributed by atoms with Gasteiger partial charge in [-0.05, 0) is 69.6 Å². The van der Waals surface area contributed by atoms with Gasteiger partial charge in [-0.2, -0.15) is 0 Å². The lowest BCUT2D eigenvalue weighted by Gasteiger charge is -2.58. The summed E-state index contributed by atoms with van der Waals surface area (Å²) in [5, 5.41) is 3.20. The summed E-state index contributed by atoms with van der Waals surface area (Å²) < 4.78 is 5.09. The van der Waals surface area contributed by atoms with Crippen LogP contribution in [0.15, 0.2) is 12.2 Å². The average molecular weight is 456 g/mol. The van der Waals surface area contributed by atoms with Crippen LogP contribution in [0.4, 0.5) is 0 Å². The Labute approximate surface area is 199 Å². The first-order valence-electron chi connectivity index (χ1n) is 12.7. The van der Waals surface area contributed by atoms with E-state index in [1.165, 1.54) is 25.5 Å². The molecule has 0 spiro atoms. The number of carbonyl (C=O) groups is 2. The van der Waals surface area contributed by atoms with Crippen LogP contribution in [0.5, 0.6) is 0 Å². The van der Waals surface area contributed by atoms with Crippen LogP contribution in [-0.4, -0.2) is 54.1 Å². The molecule has 33 heavy (non-hydrogen) atoms. The zero-order valence-electron chi connectivity index (χ0n) is 21.0. The third-order valence-corrected chi connectivity index (χ3v) is 9.49. The maximum absolute atomic E-state index is 12.8. The molecule has 6 nitrogen and oxygen atoms in total. The number of allylic oxidation sites excluding steroid dienone is 1. The van der Waals surface area contributed by atoms with Gasteiger partial charge in [0, 0.05) is 30.9 Å². The molecular weight excluding hydrogens is 414 g/mol. The molecule has 3 saturated carbocycles. The van der Waals surface area contributed by atoms with E-state index in [1.807, 2.05) is 0 Å². The molecule has 0 aromatic rings. The van der Waals surface area contributed by atoms with Crippen LogP contribution >= 0.6 is 0 Å². The van der Waals surface area contributed by atoms with Crippen molar-refractivity contribution in [3.8, 4) is 0 Å². The van der Waals surface area contributed by atoms with Gasteiger partial charge in [0.2, 0.25) is 11.4 Å². The monoisotopic (exact) mass is 455 g/mol. The van der Waals surface area contributed by atoms with Crippen LogP contribution in [0.25, 0.3) is 4.85 Å². The lowest BCUT2D eigenvalue weighted by atomic mass is 9.45. The van der Waals surface area contributed by atoms with Crippen molar-refractivity contribution >= 4 is 11.8 Å². The minimum Gasteiger partial charge on any atom is -0.370 e. The molecule has 0 aromatic carbocycles. The van der Waals surface area contributed by atoms with Crippen molar-refractivity contribution in [1.29, 1.82) is 0 Å². The zero-order chi connectivity index (χ0) is 24.1. The van der Waals surface area contributed by atoms with Crippen molar-refractivity contribution in [2.75, 3.05) is 20.2 Å². The number of ether oxygens (including phenoxy) is 1. The minimum atomic E-state index is -0.402. The van der Waals surface area contributed by atoms with Gasteiger partial charge >= 0.3 is 0 Å². The van der Waals surface area contributed by atoms with Crippen molar-refractivity contribution in [2.24, 2.45) is 35.5 Å². The molecule has 4 fully saturated rings. The van der Waals surface area contributed by atoms with E-state index in [0.29, 0.717) is 42.1 Å². The second-order valence-electron chi connectivity index (χ2n) is 12.0. The molecule has 1 saturated heterocycles. The number of likely N-dealkylation sites (tertiary alicyclic amines) is 1. The topological polar surface area (TPSA) is 63.0 Å². The molecule has 4 rings (SSSR count). The summed E-state index contributed by atoms with van der Waals surface area (Å²) in [4.78, 5) is 30.7. The van der Waals surface area contributed by atoms with Gasteiger partial charge in [-0.25, -0.2) is 6.57 Å². The highest BCUT2D eigenvalue weighted by Crippen LogP contribution is 2.63. The largest absolute Gasteiger partial charge is 0.370 e. The predicted molar refractivity (Wildman–Crippen MR) is 128 cm³/mol. The summed E-state index contributed by atoms with van der Waals surface area (Å²) >= 11 is 0. The summed E-state index contributed by atoms with van der Waals surface area (Å²) in [6, 6.07) is 0. The van der Waals surface area contributed by atoms with Crippen LogP contribution in [0, 0.1) is 42.1 Å². The van der Waals surface area contributed by atoms with Crippen LogP contribution in [-0.2, 0) is 14.3 Å². The number of hydrogen-bond donors (Lipinski definition) is 1. The van der Waals surface area contributed by atoms with Gasteiger partial charge < -0.3 is 19.8 Å². The van der Waals surface area contributed by atoms with E-state index >= 15 is 0 Å². The SMILES string of the molecule is [C-]#[N+][C@@]12CCC(=C)[C@H]3[C@H](CC(C)(C)NC(=O)CN4C[C@H](OC)C4=O)C[C@H](C)[C@@H](CC[C@@H]1C)[C@@H]32. The van der Waals surface area contributed by atoms with Gasteiger partial charge in [0.15, 0.2) is 6.10 Å². The Morgan fingerprint density at radius 3 is 2.73 bits per heavy atom. The number of hydrogen-bond acceptors (Lipinski definition) is 3. The first-order chi connectivity index (χ1) is 15.5. The summed E-state index contributed by atoms with van der Waals surface area (Å²) in [5.74, 6) is 2.59. The maximum Gasteiger partial charge on any atom is 0.254 e. The summed E-state index contributed by atoms with van der Waals surface area (Å²) in [6.45, 7) is 22.2. The van der Waals surface area contributed by atoms with Gasteiger partial charge in [0.1, 0.15) is 0 Å². The van der Waals surface area contributed by atoms with Crippen LogP contribution < -0.4 is 5.32 Å². The Bertz CT molecular complexity index is 861. The van der Waals surface area contributed by atoms with Crippen molar-refractivity contribution < 1.29 is 14.3 Å². The fourth-order valence-corrected chi connectivity index (χ4v) is 7.93. The fraction of sp³-hybridized carbons (Fsp3) is 0.815. The number of rotatable bonds is 6. The molecule has 0 radical (unpaired) electrons. The summed E-state index contributed by atoms with van der Waals surface area (Å²) in [7, 11) is 1.52. The van der Waals surface area contributed by atoms with Crippen molar-refractivity contribution in [3.63, 3.8) is 0 Å². The molecule has 6 heteroatoms. The Morgan fingerprint density at radius 2 is 2.09 bits per heavy atom. The van der Waals surface area contributed by atoms with Crippen LogP contribution in [0.3, 0.4) is 0 Å². The lowest BCUT2D eigenvalue weighted by Crippen LogP contribution is -2.61. The smallest absolute Gasteiger partial charge is 0.254 e. The molecule has 3 aliphatic carbocycles. The molecule has 1 N–H and O–H groups in total. The zero-order valence-corrected chi connectivity index (χ0v) is 21.0. The van der Waals surface area contributed by atoms with Crippen molar-refractivity contribution in [3.05, 3.63) is 23.6 Å². The van der Waals surface area contributed by atoms with Gasteiger partial charge in [0.05, 0.1) is 13.1 Å². The average Bonchev–Trinajstić information content (AvgIpc) is 2.75. The molecule has 8 atom stereocenters. The quantitative estimate of drug-likeness (QED) is 0.373. The number of carbonyl (C=O) groups excluding carboxylic acids is 2. The molecule has 1 heterocycles. The predicted octanol–water partition coefficient (Wildman–Crippen LogP) is 4.07. The van der Waals surface area contributed by atoms with Crippen molar-refractivity contribution in [2.45, 2.75) is 83.4 Å². The fourth-order valence-electron chi connectivity index (χ4n) is 7.93. The standard InChI is InChI=1S/C27H41N3O3/c1-16-10-11-27(28-6)18(3)8-9-20-17(2)12-19(23(16)24(20)27)13-26(4,5)29-22(31)15-30-14-21(33-7)25(30)32/h17-21,23-24H,1,8-15H2,2-5,7H3,(H,29,31)/t17-,18-,19-,20+,21-,23-,24-,27-/m0/s1. The summed E-state index contributed by atoms with van der Waals surface area (Å²) in [5.41, 5.74) is 0.696. The Hall–Kier alpha value is -1.87. The van der Waals surface area contributed by atoms with Gasteiger partial charge in [-0.3, -0.25) is 9.59 Å².